The van der Waals surface area contributed by atoms with Gasteiger partial charge in [0.15, 0.2) is 23.8 Å². The molecule has 0 bridgehead atoms. The second-order valence-electron chi connectivity index (χ2n) is 29.2. The van der Waals surface area contributed by atoms with Gasteiger partial charge in [-0.3, -0.25) is 79.2 Å². The zero-order valence-corrected chi connectivity index (χ0v) is 67.1. The van der Waals surface area contributed by atoms with Crippen LogP contribution in [0.25, 0.3) is 21.7 Å². The maximum absolute atomic E-state index is 15.6. The number of rotatable bonds is 48. The van der Waals surface area contributed by atoms with Crippen LogP contribution in [0.1, 0.15) is 124 Å². The van der Waals surface area contributed by atoms with Gasteiger partial charge in [-0.25, -0.2) is 4.79 Å². The number of guanidine groups is 4. The van der Waals surface area contributed by atoms with Crippen LogP contribution < -0.4 is 108 Å². The summed E-state index contributed by atoms with van der Waals surface area (Å²) in [6.07, 6.45) is -2.25. The highest BCUT2D eigenvalue weighted by Gasteiger charge is 2.42. The number of para-hydroxylation sites is 1. The quantitative estimate of drug-likeness (QED) is 0.00866. The Morgan fingerprint density at radius 1 is 0.461 bits per heavy atom. The van der Waals surface area contributed by atoms with Gasteiger partial charge in [-0.05, 0) is 112 Å². The third-order valence-electron chi connectivity index (χ3n) is 18.0. The van der Waals surface area contributed by atoms with Gasteiger partial charge >= 0.3 is 5.97 Å². The van der Waals surface area contributed by atoms with E-state index in [9.17, 15) is 58.2 Å². The van der Waals surface area contributed by atoms with Crippen molar-refractivity contribution < 1.29 is 72.5 Å². The van der Waals surface area contributed by atoms with Crippen LogP contribution in [-0.4, -0.2) is 225 Å². The molecule has 632 valence electrons. The number of aromatic nitrogens is 1. The summed E-state index contributed by atoms with van der Waals surface area (Å²) in [6.45, 7) is 9.90. The van der Waals surface area contributed by atoms with Crippen LogP contribution >= 0.6 is 25.3 Å². The molecule has 4 aromatic rings. The summed E-state index contributed by atoms with van der Waals surface area (Å²) in [5, 5.41) is 92.6. The summed E-state index contributed by atoms with van der Waals surface area (Å²) in [5.41, 5.74) is 28.2. The third kappa shape index (κ3) is 33.5. The molecule has 1 heterocycles. The summed E-state index contributed by atoms with van der Waals surface area (Å²) < 4.78 is -1.58. The van der Waals surface area contributed by atoms with E-state index in [2.05, 4.69) is 110 Å². The van der Waals surface area contributed by atoms with Crippen molar-refractivity contribution >= 4 is 148 Å². The first kappa shape index (κ1) is 95.7. The van der Waals surface area contributed by atoms with Gasteiger partial charge in [0.1, 0.15) is 66.5 Å². The molecule has 1 aromatic heterocycles. The van der Waals surface area contributed by atoms with Crippen molar-refractivity contribution in [1.29, 1.82) is 21.6 Å². The summed E-state index contributed by atoms with van der Waals surface area (Å²) in [5.74, 6) is -14.8. The van der Waals surface area contributed by atoms with Crippen molar-refractivity contribution in [2.24, 2.45) is 34.1 Å². The number of carboxylic acids is 1. The number of carbonyl (C=O) groups is 13. The van der Waals surface area contributed by atoms with Gasteiger partial charge in [-0.1, -0.05) is 81.4 Å². The minimum atomic E-state index is -1.89. The summed E-state index contributed by atoms with van der Waals surface area (Å²) in [4.78, 5) is 187. The average Bonchev–Trinajstić information content (AvgIpc) is 1.80. The number of nitrogens with two attached hydrogens (primary N) is 5. The standard InChI is InChI=1S/C73H113N25O15S2/c1-37(99)54(65(110)93-48(23-15-31-86-71(81)82)60(105)98-56(67(112)113)72(3,4)5)96-66(111)55(73(6,7)115)97-61(106)49(26-27-53(74)101)92-63(108)51(34-42-35-87-44-19-11-10-18-43(42)44)95-62(107)50(33-39-24-25-40-16-8-9-17-41(40)32-39)94-59(104)47(22-14-30-85-70(79)80)90-57(102)45(20-12-28-83-68(75)76)89-58(103)46(21-13-29-84-69(77)78)91-64(109)52(36-114)88-38(2)100/h8-11,16-19,24-25,32,35,37,45-52,54-56,87,99,114-115H,12-15,20-23,26-31,33-34,36H2,1-7H3,(H2,74,101)(H,88,100)(H,89,103)(H,90,102)(H,91,109)(H,92,108)(H,93,110)(H,94,104)(H,95,107)(H,96,111)(H,97,106)(H,98,105)(H,112,113)(H4,75,76,83)(H4,77,78,84)(H4,79,80,85)(H4,81,82,86)/t37-,45-,46+,47+,48+,49+,50+,51+,52+,54+,55-,56-/m1/s1. The number of hydrogen-bond acceptors (Lipinski definition) is 20. The molecule has 40 nitrogen and oxygen atoms in total. The summed E-state index contributed by atoms with van der Waals surface area (Å²) in [6, 6.07) is 2.01. The fourth-order valence-electron chi connectivity index (χ4n) is 12.0. The molecule has 12 amide bonds. The molecule has 0 saturated carbocycles. The van der Waals surface area contributed by atoms with Crippen LogP contribution in [0.15, 0.2) is 72.9 Å². The topological polar surface area (TPSA) is 684 Å². The first-order valence-corrected chi connectivity index (χ1v) is 38.2. The number of aliphatic hydroxyl groups is 1. The fourth-order valence-corrected chi connectivity index (χ4v) is 12.4. The van der Waals surface area contributed by atoms with E-state index in [1.807, 2.05) is 18.2 Å². The molecule has 12 atom stereocenters. The first-order chi connectivity index (χ1) is 54.0. The highest BCUT2D eigenvalue weighted by atomic mass is 32.1. The maximum Gasteiger partial charge on any atom is 0.326 e. The predicted molar refractivity (Wildman–Crippen MR) is 437 cm³/mol. The van der Waals surface area contributed by atoms with Crippen molar-refractivity contribution in [3.63, 3.8) is 0 Å². The number of aliphatic carboxylic acids is 1. The Morgan fingerprint density at radius 3 is 1.25 bits per heavy atom. The van der Waals surface area contributed by atoms with Crippen LogP contribution in [-0.2, 0) is 75.2 Å². The van der Waals surface area contributed by atoms with E-state index in [0.717, 1.165) is 17.7 Å². The number of primary amides is 1. The number of carbonyl (C=O) groups excluding carboxylic acids is 12. The smallest absolute Gasteiger partial charge is 0.326 e. The SMILES string of the molecule is CC(=O)N[C@@H](CS)C(=O)N[C@@H](CCCNC(=N)N)C(=O)N[C@H](CCCNC(=N)N)C(=O)N[C@@H](CCCNC(=N)N)C(=O)N[C@@H](Cc1ccc2ccccc2c1)C(=O)N[C@@H](Cc1c[nH]c2ccccc12)C(=O)N[C@@H](CCC(N)=O)C(=O)N[C@H](C(=O)N[C@H](C(=O)N[C@@H](CCCNC(=N)N)C(=O)N[C@H](C(=O)O)C(C)(C)C)[C@@H](C)O)C(C)(C)S. The predicted octanol–water partition coefficient (Wildman–Crippen LogP) is -4.07. The Kier molecular flexibility index (Phi) is 38.7. The van der Waals surface area contributed by atoms with Crippen LogP contribution in [0.2, 0.25) is 0 Å². The Balaban J connectivity index is 1.82. The van der Waals surface area contributed by atoms with E-state index in [-0.39, 0.29) is 102 Å². The molecule has 4 rings (SSSR count). The van der Waals surface area contributed by atoms with Crippen molar-refractivity contribution in [2.75, 3.05) is 31.9 Å². The zero-order valence-electron chi connectivity index (χ0n) is 65.4. The van der Waals surface area contributed by atoms with Crippen molar-refractivity contribution in [2.45, 2.75) is 203 Å². The molecule has 0 saturated heterocycles. The number of benzene rings is 3. The van der Waals surface area contributed by atoms with Crippen molar-refractivity contribution in [3.05, 3.63) is 84.1 Å². The largest absolute Gasteiger partial charge is 0.480 e. The summed E-state index contributed by atoms with van der Waals surface area (Å²) >= 11 is 8.80. The molecule has 0 spiro atoms. The number of hydrogen-bond donors (Lipinski definition) is 29. The second kappa shape index (κ2) is 46.5. The molecular formula is C73H113N25O15S2. The molecule has 0 aliphatic carbocycles. The highest BCUT2D eigenvalue weighted by molar-refractivity contribution is 7.81. The minimum Gasteiger partial charge on any atom is -0.480 e. The van der Waals surface area contributed by atoms with Gasteiger partial charge in [-0.2, -0.15) is 25.3 Å². The number of thiol groups is 2. The molecule has 32 N–H and O–H groups in total. The van der Waals surface area contributed by atoms with E-state index in [4.69, 9.17) is 50.3 Å². The minimum absolute atomic E-state index is 0.0134. The third-order valence-corrected chi connectivity index (χ3v) is 18.6. The normalized spacial score (nSPS) is 14.5. The number of aliphatic hydroxyl groups excluding tert-OH is 1. The molecule has 0 fully saturated rings. The maximum atomic E-state index is 15.6. The molecule has 0 aliphatic rings. The van der Waals surface area contributed by atoms with Crippen LogP contribution in [0.5, 0.6) is 0 Å². The number of fused-ring (bicyclic) bond motifs is 2. The monoisotopic (exact) mass is 1640 g/mol. The van der Waals surface area contributed by atoms with E-state index in [1.165, 1.54) is 20.8 Å². The summed E-state index contributed by atoms with van der Waals surface area (Å²) in [7, 11) is 0. The second-order valence-corrected chi connectivity index (χ2v) is 30.7. The Labute approximate surface area is 676 Å². The lowest BCUT2D eigenvalue weighted by Gasteiger charge is -2.33. The van der Waals surface area contributed by atoms with Crippen LogP contribution in [0.4, 0.5) is 0 Å². The van der Waals surface area contributed by atoms with E-state index in [0.29, 0.717) is 22.0 Å². The molecular weight excluding hydrogens is 1530 g/mol. The van der Waals surface area contributed by atoms with Gasteiger partial charge in [0, 0.05) is 80.0 Å². The van der Waals surface area contributed by atoms with Gasteiger partial charge in [0.25, 0.3) is 0 Å². The van der Waals surface area contributed by atoms with Crippen molar-refractivity contribution in [1.82, 2.24) is 84.7 Å². The molecule has 0 aliphatic heterocycles. The molecule has 0 radical (unpaired) electrons. The number of nitrogens with one attached hydrogen (secondary N) is 20. The molecule has 0 unspecified atom stereocenters. The van der Waals surface area contributed by atoms with Gasteiger partial charge in [0.05, 0.1) is 6.10 Å². The number of H-pyrrole nitrogens is 1. The molecule has 3 aromatic carbocycles. The lowest BCUT2D eigenvalue weighted by Crippen LogP contribution is -2.64. The van der Waals surface area contributed by atoms with E-state index in [1.54, 1.807) is 75.5 Å². The highest BCUT2D eigenvalue weighted by Crippen LogP contribution is 2.24. The number of aromatic amines is 1. The van der Waals surface area contributed by atoms with Crippen LogP contribution in [0, 0.1) is 27.1 Å². The number of carboxylic acid groups (broad SMARTS) is 1. The molecule has 42 heteroatoms. The lowest BCUT2D eigenvalue weighted by atomic mass is 9.86. The van der Waals surface area contributed by atoms with Gasteiger partial charge < -0.3 is 124 Å². The first-order valence-electron chi connectivity index (χ1n) is 37.2. The van der Waals surface area contributed by atoms with Crippen LogP contribution in [0.3, 0.4) is 0 Å². The lowest BCUT2D eigenvalue weighted by molar-refractivity contribution is -0.145. The average molecular weight is 1650 g/mol. The molecule has 115 heavy (non-hydrogen) atoms. The van der Waals surface area contributed by atoms with E-state index < -0.39 is 190 Å². The van der Waals surface area contributed by atoms with Gasteiger partial charge in [-0.15, -0.1) is 0 Å². The van der Waals surface area contributed by atoms with Gasteiger partial charge in [0.2, 0.25) is 70.9 Å². The fraction of sp³-hybridized carbons (Fsp3) is 0.521. The van der Waals surface area contributed by atoms with Crippen molar-refractivity contribution in [3.8, 4) is 0 Å². The zero-order chi connectivity index (χ0) is 86.0. The Morgan fingerprint density at radius 2 is 0.843 bits per heavy atom. The Bertz CT molecular complexity index is 4110. The van der Waals surface area contributed by atoms with E-state index >= 15 is 14.4 Å². The Hall–Kier alpha value is -11.7. The number of amides is 12.